The minimum absolute atomic E-state index is 0.0164. The Morgan fingerprint density at radius 2 is 2.21 bits per heavy atom. The van der Waals surface area contributed by atoms with Crippen LogP contribution in [0.25, 0.3) is 0 Å². The molecule has 0 aromatic heterocycles. The van der Waals surface area contributed by atoms with Crippen molar-refractivity contribution >= 4 is 11.9 Å². The standard InChI is InChI=1S/C10H13NO3/c1-2-7-14-10(13)11-8-3-5-9(12)6-4-8/h1,8H,3-7H2,(H,11,13). The number of carbonyl (C=O) groups excluding carboxylic acids is 2. The summed E-state index contributed by atoms with van der Waals surface area (Å²) in [6.45, 7) is -0.0164. The second-order valence-electron chi connectivity index (χ2n) is 3.24. The molecule has 0 saturated heterocycles. The van der Waals surface area contributed by atoms with E-state index in [4.69, 9.17) is 6.42 Å². The zero-order valence-electron chi connectivity index (χ0n) is 7.91. The van der Waals surface area contributed by atoms with E-state index in [2.05, 4.69) is 16.0 Å². The van der Waals surface area contributed by atoms with Crippen LogP contribution in [0.2, 0.25) is 0 Å². The van der Waals surface area contributed by atoms with Gasteiger partial charge in [0.15, 0.2) is 6.61 Å². The number of ketones is 1. The van der Waals surface area contributed by atoms with Gasteiger partial charge in [-0.1, -0.05) is 5.92 Å². The Labute approximate surface area is 83.0 Å². The van der Waals surface area contributed by atoms with Crippen LogP contribution in [-0.4, -0.2) is 24.5 Å². The van der Waals surface area contributed by atoms with Gasteiger partial charge < -0.3 is 10.1 Å². The monoisotopic (exact) mass is 195 g/mol. The molecule has 1 aliphatic carbocycles. The Kier molecular flexibility index (Phi) is 3.99. The van der Waals surface area contributed by atoms with Crippen LogP contribution in [0.1, 0.15) is 25.7 Å². The topological polar surface area (TPSA) is 55.4 Å². The molecular weight excluding hydrogens is 182 g/mol. The molecule has 0 aromatic rings. The fraction of sp³-hybridized carbons (Fsp3) is 0.600. The normalized spacial score (nSPS) is 17.2. The van der Waals surface area contributed by atoms with Gasteiger partial charge in [0.25, 0.3) is 0 Å². The van der Waals surface area contributed by atoms with Crippen LogP contribution in [0.3, 0.4) is 0 Å². The molecule has 1 fully saturated rings. The van der Waals surface area contributed by atoms with Gasteiger partial charge in [0.2, 0.25) is 0 Å². The maximum atomic E-state index is 11.0. The highest BCUT2D eigenvalue weighted by molar-refractivity contribution is 5.79. The Morgan fingerprint density at radius 1 is 1.57 bits per heavy atom. The third-order valence-corrected chi connectivity index (χ3v) is 2.15. The summed E-state index contributed by atoms with van der Waals surface area (Å²) in [4.78, 5) is 21.9. The van der Waals surface area contributed by atoms with Crippen molar-refractivity contribution in [2.45, 2.75) is 31.7 Å². The maximum Gasteiger partial charge on any atom is 0.408 e. The first kappa shape index (κ1) is 10.6. The van der Waals surface area contributed by atoms with Gasteiger partial charge in [-0.25, -0.2) is 4.79 Å². The minimum Gasteiger partial charge on any atom is -0.436 e. The van der Waals surface area contributed by atoms with E-state index in [9.17, 15) is 9.59 Å². The Bertz CT molecular complexity index is 257. The van der Waals surface area contributed by atoms with E-state index < -0.39 is 6.09 Å². The predicted molar refractivity (Wildman–Crippen MR) is 50.6 cm³/mol. The Morgan fingerprint density at radius 3 is 2.79 bits per heavy atom. The summed E-state index contributed by atoms with van der Waals surface area (Å²) in [5.41, 5.74) is 0. The third-order valence-electron chi connectivity index (χ3n) is 2.15. The molecule has 76 valence electrons. The van der Waals surface area contributed by atoms with E-state index in [1.54, 1.807) is 0 Å². The molecule has 0 aromatic carbocycles. The molecule has 0 bridgehead atoms. The number of rotatable bonds is 2. The molecule has 0 aliphatic heterocycles. The van der Waals surface area contributed by atoms with E-state index >= 15 is 0 Å². The van der Waals surface area contributed by atoms with Gasteiger partial charge in [-0.15, -0.1) is 6.42 Å². The summed E-state index contributed by atoms with van der Waals surface area (Å²) in [6.07, 6.45) is 6.91. The lowest BCUT2D eigenvalue weighted by molar-refractivity contribution is -0.120. The van der Waals surface area contributed by atoms with Crippen molar-refractivity contribution in [1.29, 1.82) is 0 Å². The SMILES string of the molecule is C#CCOC(=O)NC1CCC(=O)CC1. The van der Waals surface area contributed by atoms with Crippen LogP contribution in [0, 0.1) is 12.3 Å². The fourth-order valence-electron chi connectivity index (χ4n) is 1.40. The van der Waals surface area contributed by atoms with Gasteiger partial charge in [0.05, 0.1) is 0 Å². The number of nitrogens with one attached hydrogen (secondary N) is 1. The van der Waals surface area contributed by atoms with E-state index in [-0.39, 0.29) is 18.4 Å². The van der Waals surface area contributed by atoms with Crippen LogP contribution >= 0.6 is 0 Å². The minimum atomic E-state index is -0.498. The second kappa shape index (κ2) is 5.28. The quantitative estimate of drug-likeness (QED) is 0.665. The summed E-state index contributed by atoms with van der Waals surface area (Å²) in [6, 6.07) is 0.0537. The molecule has 1 saturated carbocycles. The van der Waals surface area contributed by atoms with Crippen LogP contribution in [0.4, 0.5) is 4.79 Å². The fourth-order valence-corrected chi connectivity index (χ4v) is 1.40. The zero-order valence-corrected chi connectivity index (χ0v) is 7.91. The van der Waals surface area contributed by atoms with Crippen LogP contribution < -0.4 is 5.32 Å². The largest absolute Gasteiger partial charge is 0.436 e. The van der Waals surface area contributed by atoms with E-state index in [0.717, 1.165) is 0 Å². The van der Waals surface area contributed by atoms with Crippen molar-refractivity contribution in [1.82, 2.24) is 5.32 Å². The lowest BCUT2D eigenvalue weighted by Gasteiger charge is -2.21. The van der Waals surface area contributed by atoms with Gasteiger partial charge >= 0.3 is 6.09 Å². The molecule has 0 atom stereocenters. The molecule has 4 heteroatoms. The number of Topliss-reactive ketones (excluding diaryl/α,β-unsaturated/α-hetero) is 1. The molecule has 4 nitrogen and oxygen atoms in total. The summed E-state index contributed by atoms with van der Waals surface area (Å²) >= 11 is 0. The predicted octanol–water partition coefficient (Wildman–Crippen LogP) is 0.857. The average molecular weight is 195 g/mol. The molecule has 0 heterocycles. The number of amides is 1. The van der Waals surface area contributed by atoms with Crippen molar-refractivity contribution in [3.63, 3.8) is 0 Å². The third kappa shape index (κ3) is 3.48. The van der Waals surface area contributed by atoms with Crippen molar-refractivity contribution in [2.24, 2.45) is 0 Å². The molecule has 0 radical (unpaired) electrons. The van der Waals surface area contributed by atoms with Crippen molar-refractivity contribution in [2.75, 3.05) is 6.61 Å². The molecule has 1 N–H and O–H groups in total. The van der Waals surface area contributed by atoms with Gasteiger partial charge in [-0.05, 0) is 12.8 Å². The number of carbonyl (C=O) groups is 2. The first-order chi connectivity index (χ1) is 6.72. The van der Waals surface area contributed by atoms with Crippen molar-refractivity contribution < 1.29 is 14.3 Å². The first-order valence-corrected chi connectivity index (χ1v) is 4.61. The van der Waals surface area contributed by atoms with Crippen molar-refractivity contribution in [3.8, 4) is 12.3 Å². The number of hydrogen-bond acceptors (Lipinski definition) is 3. The molecule has 0 spiro atoms. The highest BCUT2D eigenvalue weighted by Crippen LogP contribution is 2.14. The Balaban J connectivity index is 2.21. The molecular formula is C10H13NO3. The highest BCUT2D eigenvalue weighted by atomic mass is 16.5. The summed E-state index contributed by atoms with van der Waals surface area (Å²) < 4.78 is 4.65. The maximum absolute atomic E-state index is 11.0. The highest BCUT2D eigenvalue weighted by Gasteiger charge is 2.20. The zero-order chi connectivity index (χ0) is 10.4. The summed E-state index contributed by atoms with van der Waals surface area (Å²) in [5.74, 6) is 2.47. The number of terminal acetylenes is 1. The van der Waals surface area contributed by atoms with E-state index in [1.807, 2.05) is 0 Å². The van der Waals surface area contributed by atoms with Crippen LogP contribution in [0.15, 0.2) is 0 Å². The van der Waals surface area contributed by atoms with Gasteiger partial charge in [0.1, 0.15) is 5.78 Å². The lowest BCUT2D eigenvalue weighted by atomic mass is 9.95. The number of alkyl carbamates (subject to hydrolysis) is 1. The van der Waals surface area contributed by atoms with Gasteiger partial charge in [0, 0.05) is 18.9 Å². The molecule has 1 amide bonds. The van der Waals surface area contributed by atoms with Crippen LogP contribution in [0.5, 0.6) is 0 Å². The van der Waals surface area contributed by atoms with E-state index in [0.29, 0.717) is 25.7 Å². The second-order valence-corrected chi connectivity index (χ2v) is 3.24. The Hall–Kier alpha value is -1.50. The van der Waals surface area contributed by atoms with Gasteiger partial charge in [-0.3, -0.25) is 4.79 Å². The van der Waals surface area contributed by atoms with Crippen molar-refractivity contribution in [3.05, 3.63) is 0 Å². The first-order valence-electron chi connectivity index (χ1n) is 4.61. The lowest BCUT2D eigenvalue weighted by Crippen LogP contribution is -2.38. The van der Waals surface area contributed by atoms with Crippen LogP contribution in [-0.2, 0) is 9.53 Å². The number of ether oxygens (including phenoxy) is 1. The molecule has 14 heavy (non-hydrogen) atoms. The summed E-state index contributed by atoms with van der Waals surface area (Å²) in [7, 11) is 0. The summed E-state index contributed by atoms with van der Waals surface area (Å²) in [5, 5.41) is 2.67. The molecule has 1 aliphatic rings. The van der Waals surface area contributed by atoms with E-state index in [1.165, 1.54) is 0 Å². The average Bonchev–Trinajstić information content (AvgIpc) is 2.18. The number of hydrogen-bond donors (Lipinski definition) is 1. The smallest absolute Gasteiger partial charge is 0.408 e. The van der Waals surface area contributed by atoms with Gasteiger partial charge in [-0.2, -0.15) is 0 Å². The molecule has 1 rings (SSSR count). The molecule has 0 unspecified atom stereocenters.